The van der Waals surface area contributed by atoms with Gasteiger partial charge in [-0.1, -0.05) is 6.92 Å². The highest BCUT2D eigenvalue weighted by atomic mass is 19.4. The normalized spacial score (nSPS) is 12.6. The quantitative estimate of drug-likeness (QED) is 0.830. The topological polar surface area (TPSA) is 28.4 Å². The molecule has 0 aliphatic heterocycles. The minimum atomic E-state index is -4.19. The summed E-state index contributed by atoms with van der Waals surface area (Å²) in [4.78, 5) is 1.34. The van der Waals surface area contributed by atoms with Gasteiger partial charge in [0.15, 0.2) is 0 Å². The van der Waals surface area contributed by atoms with Gasteiger partial charge in [0.2, 0.25) is 0 Å². The molecule has 1 heterocycles. The molecule has 0 aliphatic rings. The average molecular weight is 278 g/mol. The number of nitrogens with zero attached hydrogens (tertiary/aromatic N) is 1. The smallest absolute Gasteiger partial charge is 0.401 e. The Morgan fingerprint density at radius 1 is 1.26 bits per heavy atom. The van der Waals surface area contributed by atoms with Crippen LogP contribution >= 0.6 is 0 Å². The van der Waals surface area contributed by atoms with Crippen LogP contribution in [0.25, 0.3) is 0 Å². The zero-order valence-corrected chi connectivity index (χ0v) is 11.5. The summed E-state index contributed by atoms with van der Waals surface area (Å²) in [7, 11) is 0. The molecule has 19 heavy (non-hydrogen) atoms. The number of halogens is 3. The second-order valence-electron chi connectivity index (χ2n) is 4.76. The summed E-state index contributed by atoms with van der Waals surface area (Å²) in [5, 5.41) is 3.10. The van der Waals surface area contributed by atoms with Crippen LogP contribution in [0.15, 0.2) is 16.5 Å². The Kier molecular flexibility index (Phi) is 5.87. The molecule has 0 atom stereocenters. The largest absolute Gasteiger partial charge is 0.463 e. The van der Waals surface area contributed by atoms with E-state index in [1.807, 2.05) is 6.92 Å². The third kappa shape index (κ3) is 6.11. The molecule has 1 aromatic heterocycles. The van der Waals surface area contributed by atoms with Crippen LogP contribution in [-0.2, 0) is 13.1 Å². The Bertz CT molecular complexity index is 374. The Morgan fingerprint density at radius 2 is 1.89 bits per heavy atom. The maximum absolute atomic E-state index is 12.5. The van der Waals surface area contributed by atoms with E-state index < -0.39 is 12.7 Å². The second kappa shape index (κ2) is 6.96. The van der Waals surface area contributed by atoms with Gasteiger partial charge in [0, 0.05) is 6.04 Å². The first-order valence-corrected chi connectivity index (χ1v) is 6.41. The number of furan rings is 1. The summed E-state index contributed by atoms with van der Waals surface area (Å²) in [5.74, 6) is 1.30. The highest BCUT2D eigenvalue weighted by molar-refractivity contribution is 5.07. The summed E-state index contributed by atoms with van der Waals surface area (Å²) < 4.78 is 42.9. The molecule has 1 aromatic rings. The summed E-state index contributed by atoms with van der Waals surface area (Å²) >= 11 is 0. The van der Waals surface area contributed by atoms with Crippen molar-refractivity contribution in [2.45, 2.75) is 46.1 Å². The zero-order valence-electron chi connectivity index (χ0n) is 11.5. The van der Waals surface area contributed by atoms with Crippen LogP contribution in [0.3, 0.4) is 0 Å². The molecule has 6 heteroatoms. The van der Waals surface area contributed by atoms with Crippen LogP contribution < -0.4 is 5.32 Å². The molecular weight excluding hydrogens is 257 g/mol. The molecule has 0 aromatic carbocycles. The van der Waals surface area contributed by atoms with E-state index in [1.54, 1.807) is 26.0 Å². The van der Waals surface area contributed by atoms with Crippen LogP contribution in [0.1, 0.15) is 32.3 Å². The lowest BCUT2D eigenvalue weighted by atomic mass is 10.3. The Labute approximate surface area is 111 Å². The maximum Gasteiger partial charge on any atom is 0.401 e. The van der Waals surface area contributed by atoms with Gasteiger partial charge in [-0.2, -0.15) is 13.2 Å². The monoisotopic (exact) mass is 278 g/mol. The molecule has 0 radical (unpaired) electrons. The summed E-state index contributed by atoms with van der Waals surface area (Å²) in [6.45, 7) is 6.13. The second-order valence-corrected chi connectivity index (χ2v) is 4.76. The van der Waals surface area contributed by atoms with Crippen molar-refractivity contribution in [3.05, 3.63) is 23.7 Å². The third-order valence-corrected chi connectivity index (χ3v) is 2.74. The molecule has 1 N–H and O–H groups in total. The summed E-state index contributed by atoms with van der Waals surface area (Å²) in [6, 6.07) is 3.34. The van der Waals surface area contributed by atoms with Crippen molar-refractivity contribution in [2.75, 3.05) is 13.1 Å². The highest BCUT2D eigenvalue weighted by Gasteiger charge is 2.32. The first-order chi connectivity index (χ1) is 8.81. The van der Waals surface area contributed by atoms with Gasteiger partial charge in [-0.05, 0) is 32.5 Å². The summed E-state index contributed by atoms with van der Waals surface area (Å²) in [6.07, 6.45) is -4.19. The molecular formula is C13H21F3N2O. The highest BCUT2D eigenvalue weighted by Crippen LogP contribution is 2.20. The molecule has 0 amide bonds. The lowest BCUT2D eigenvalue weighted by Gasteiger charge is -2.26. The van der Waals surface area contributed by atoms with Gasteiger partial charge >= 0.3 is 6.18 Å². The van der Waals surface area contributed by atoms with Gasteiger partial charge in [-0.25, -0.2) is 0 Å². The fraction of sp³-hybridized carbons (Fsp3) is 0.692. The predicted octanol–water partition coefficient (Wildman–Crippen LogP) is 3.16. The van der Waals surface area contributed by atoms with E-state index in [0.29, 0.717) is 12.3 Å². The van der Waals surface area contributed by atoms with E-state index >= 15 is 0 Å². The van der Waals surface area contributed by atoms with Crippen LogP contribution in [0.2, 0.25) is 0 Å². The number of rotatable bonds is 7. The van der Waals surface area contributed by atoms with E-state index in [9.17, 15) is 13.2 Å². The minimum absolute atomic E-state index is 0.170. The number of hydrogen-bond donors (Lipinski definition) is 1. The van der Waals surface area contributed by atoms with E-state index in [-0.39, 0.29) is 12.6 Å². The molecule has 110 valence electrons. The van der Waals surface area contributed by atoms with E-state index in [0.717, 1.165) is 12.3 Å². The molecule has 0 fully saturated rings. The SMILES string of the molecule is CCNCc1ccc(CN(CC(F)(F)F)C(C)C)o1. The van der Waals surface area contributed by atoms with Gasteiger partial charge in [-0.3, -0.25) is 4.90 Å². The predicted molar refractivity (Wildman–Crippen MR) is 67.7 cm³/mol. The van der Waals surface area contributed by atoms with Crippen molar-refractivity contribution in [1.82, 2.24) is 10.2 Å². The Morgan fingerprint density at radius 3 is 2.42 bits per heavy atom. The van der Waals surface area contributed by atoms with Crippen molar-refractivity contribution in [1.29, 1.82) is 0 Å². The van der Waals surface area contributed by atoms with Gasteiger partial charge in [-0.15, -0.1) is 0 Å². The molecule has 0 saturated carbocycles. The van der Waals surface area contributed by atoms with Crippen LogP contribution in [0.5, 0.6) is 0 Å². The lowest BCUT2D eigenvalue weighted by molar-refractivity contribution is -0.151. The van der Waals surface area contributed by atoms with Gasteiger partial charge in [0.1, 0.15) is 11.5 Å². The number of hydrogen-bond acceptors (Lipinski definition) is 3. The van der Waals surface area contributed by atoms with Crippen LogP contribution in [-0.4, -0.2) is 30.2 Å². The summed E-state index contributed by atoms with van der Waals surface area (Å²) in [5.41, 5.74) is 0. The zero-order chi connectivity index (χ0) is 14.5. The molecule has 0 bridgehead atoms. The Hall–Kier alpha value is -1.01. The Balaban J connectivity index is 2.61. The van der Waals surface area contributed by atoms with Crippen molar-refractivity contribution in [3.8, 4) is 0 Å². The fourth-order valence-corrected chi connectivity index (χ4v) is 1.70. The maximum atomic E-state index is 12.5. The van der Waals surface area contributed by atoms with Gasteiger partial charge in [0.25, 0.3) is 0 Å². The van der Waals surface area contributed by atoms with Crippen LogP contribution in [0.4, 0.5) is 13.2 Å². The first kappa shape index (κ1) is 16.0. The van der Waals surface area contributed by atoms with Crippen molar-refractivity contribution >= 4 is 0 Å². The van der Waals surface area contributed by atoms with Crippen molar-refractivity contribution in [2.24, 2.45) is 0 Å². The number of alkyl halides is 3. The number of nitrogens with one attached hydrogen (secondary N) is 1. The molecule has 0 saturated heterocycles. The van der Waals surface area contributed by atoms with Crippen molar-refractivity contribution < 1.29 is 17.6 Å². The van der Waals surface area contributed by atoms with E-state index in [1.165, 1.54) is 4.90 Å². The molecule has 3 nitrogen and oxygen atoms in total. The van der Waals surface area contributed by atoms with Crippen LogP contribution in [0, 0.1) is 0 Å². The first-order valence-electron chi connectivity index (χ1n) is 6.41. The van der Waals surface area contributed by atoms with E-state index in [2.05, 4.69) is 5.32 Å². The van der Waals surface area contributed by atoms with Gasteiger partial charge in [0.05, 0.1) is 19.6 Å². The van der Waals surface area contributed by atoms with Gasteiger partial charge < -0.3 is 9.73 Å². The molecule has 0 unspecified atom stereocenters. The standard InChI is InChI=1S/C13H21F3N2O/c1-4-17-7-11-5-6-12(19-11)8-18(10(2)3)9-13(14,15)16/h5-6,10,17H,4,7-9H2,1-3H3. The average Bonchev–Trinajstić information content (AvgIpc) is 2.71. The van der Waals surface area contributed by atoms with Crippen molar-refractivity contribution in [3.63, 3.8) is 0 Å². The minimum Gasteiger partial charge on any atom is -0.463 e. The molecule has 1 rings (SSSR count). The lowest BCUT2D eigenvalue weighted by Crippen LogP contribution is -2.38. The third-order valence-electron chi connectivity index (χ3n) is 2.74. The molecule has 0 aliphatic carbocycles. The van der Waals surface area contributed by atoms with E-state index in [4.69, 9.17) is 4.42 Å². The fourth-order valence-electron chi connectivity index (χ4n) is 1.70. The molecule has 0 spiro atoms.